The summed E-state index contributed by atoms with van der Waals surface area (Å²) >= 11 is 0. The maximum absolute atomic E-state index is 12.4. The minimum atomic E-state index is -0.856. The first-order valence-electron chi connectivity index (χ1n) is 11.1. The van der Waals surface area contributed by atoms with Gasteiger partial charge < -0.3 is 15.2 Å². The number of H-pyrrole nitrogens is 1. The number of aromatic amines is 1. The van der Waals surface area contributed by atoms with Crippen LogP contribution < -0.4 is 10.6 Å². The molecule has 0 radical (unpaired) electrons. The van der Waals surface area contributed by atoms with Crippen molar-refractivity contribution in [1.29, 1.82) is 0 Å². The predicted molar refractivity (Wildman–Crippen MR) is 121 cm³/mol. The number of benzene rings is 2. The Labute approximate surface area is 194 Å². The number of rotatable bonds is 6. The SMILES string of the molecule is O=C(Nc1n[nH]c(C(=O)N[C@H]2CC[C@@H](C(=O)O)C2)n1)OCC1c2ccccc2-c2ccccc21. The van der Waals surface area contributed by atoms with Crippen LogP contribution >= 0.6 is 0 Å². The van der Waals surface area contributed by atoms with Crippen LogP contribution in [0.25, 0.3) is 11.1 Å². The molecule has 0 bridgehead atoms. The highest BCUT2D eigenvalue weighted by molar-refractivity contribution is 5.91. The van der Waals surface area contributed by atoms with Gasteiger partial charge >= 0.3 is 12.1 Å². The van der Waals surface area contributed by atoms with Gasteiger partial charge in [0.05, 0.1) is 5.92 Å². The van der Waals surface area contributed by atoms with Crippen molar-refractivity contribution >= 4 is 23.9 Å². The average Bonchev–Trinajstić information content (AvgIpc) is 3.56. The van der Waals surface area contributed by atoms with E-state index in [2.05, 4.69) is 37.9 Å². The molecule has 2 atom stereocenters. The summed E-state index contributed by atoms with van der Waals surface area (Å²) in [6.07, 6.45) is 0.750. The van der Waals surface area contributed by atoms with E-state index >= 15 is 0 Å². The summed E-state index contributed by atoms with van der Waals surface area (Å²) in [5, 5.41) is 20.6. The van der Waals surface area contributed by atoms with Crippen molar-refractivity contribution in [1.82, 2.24) is 20.5 Å². The topological polar surface area (TPSA) is 146 Å². The van der Waals surface area contributed by atoms with Crippen LogP contribution in [0.1, 0.15) is 46.9 Å². The highest BCUT2D eigenvalue weighted by Gasteiger charge is 2.32. The molecule has 1 heterocycles. The molecule has 0 saturated heterocycles. The molecule has 10 nitrogen and oxygen atoms in total. The lowest BCUT2D eigenvalue weighted by molar-refractivity contribution is -0.141. The molecule has 5 rings (SSSR count). The molecule has 174 valence electrons. The quantitative estimate of drug-likeness (QED) is 0.441. The van der Waals surface area contributed by atoms with Crippen molar-refractivity contribution in [3.63, 3.8) is 0 Å². The van der Waals surface area contributed by atoms with Gasteiger partial charge in [0.15, 0.2) is 0 Å². The second kappa shape index (κ2) is 8.97. The monoisotopic (exact) mass is 461 g/mol. The van der Waals surface area contributed by atoms with Crippen molar-refractivity contribution in [2.45, 2.75) is 31.2 Å². The fourth-order valence-electron chi connectivity index (χ4n) is 4.74. The number of aliphatic carboxylic acids is 1. The van der Waals surface area contributed by atoms with Crippen LogP contribution in [-0.2, 0) is 9.53 Å². The molecule has 2 amide bonds. The number of hydrogen-bond donors (Lipinski definition) is 4. The Kier molecular flexibility index (Phi) is 5.70. The lowest BCUT2D eigenvalue weighted by Crippen LogP contribution is -2.34. The van der Waals surface area contributed by atoms with E-state index in [-0.39, 0.29) is 30.3 Å². The summed E-state index contributed by atoms with van der Waals surface area (Å²) in [4.78, 5) is 39.8. The number of amides is 2. The molecule has 2 aromatic carbocycles. The maximum atomic E-state index is 12.4. The average molecular weight is 461 g/mol. The number of fused-ring (bicyclic) bond motifs is 3. The second-order valence-electron chi connectivity index (χ2n) is 8.48. The molecule has 0 unspecified atom stereocenters. The van der Waals surface area contributed by atoms with Crippen molar-refractivity contribution in [3.8, 4) is 11.1 Å². The summed E-state index contributed by atoms with van der Waals surface area (Å²) in [6.45, 7) is 0.143. The minimum absolute atomic E-state index is 0.0762. The number of nitrogens with one attached hydrogen (secondary N) is 3. The molecule has 3 aromatic rings. The maximum Gasteiger partial charge on any atom is 0.414 e. The van der Waals surface area contributed by atoms with Gasteiger partial charge in [0.25, 0.3) is 11.9 Å². The van der Waals surface area contributed by atoms with Crippen molar-refractivity contribution in [2.24, 2.45) is 5.92 Å². The van der Waals surface area contributed by atoms with Gasteiger partial charge in [-0.15, -0.1) is 5.10 Å². The van der Waals surface area contributed by atoms with Gasteiger partial charge in [0, 0.05) is 12.0 Å². The number of carboxylic acid groups (broad SMARTS) is 1. The first kappa shape index (κ1) is 21.6. The van der Waals surface area contributed by atoms with Crippen molar-refractivity contribution < 1.29 is 24.2 Å². The largest absolute Gasteiger partial charge is 0.481 e. The Hall–Kier alpha value is -4.21. The lowest BCUT2D eigenvalue weighted by atomic mass is 9.98. The highest BCUT2D eigenvalue weighted by atomic mass is 16.5. The molecule has 34 heavy (non-hydrogen) atoms. The second-order valence-corrected chi connectivity index (χ2v) is 8.48. The Balaban J connectivity index is 1.17. The van der Waals surface area contributed by atoms with Gasteiger partial charge in [0.2, 0.25) is 5.82 Å². The first-order chi connectivity index (χ1) is 16.5. The van der Waals surface area contributed by atoms with E-state index in [1.807, 2.05) is 36.4 Å². The van der Waals surface area contributed by atoms with E-state index in [1.54, 1.807) is 0 Å². The molecule has 2 aliphatic carbocycles. The zero-order chi connectivity index (χ0) is 23.7. The number of hydrogen-bond acceptors (Lipinski definition) is 6. The third-order valence-corrected chi connectivity index (χ3v) is 6.38. The van der Waals surface area contributed by atoms with Crippen LogP contribution in [0.15, 0.2) is 48.5 Å². The van der Waals surface area contributed by atoms with Crippen LogP contribution in [0.2, 0.25) is 0 Å². The predicted octanol–water partition coefficient (Wildman–Crippen LogP) is 3.15. The Morgan fingerprint density at radius 1 is 1.03 bits per heavy atom. The van der Waals surface area contributed by atoms with Crippen LogP contribution in [0.5, 0.6) is 0 Å². The van der Waals surface area contributed by atoms with E-state index in [0.29, 0.717) is 19.3 Å². The van der Waals surface area contributed by atoms with Gasteiger partial charge in [-0.3, -0.25) is 20.0 Å². The summed E-state index contributed by atoms with van der Waals surface area (Å²) in [6, 6.07) is 15.8. The van der Waals surface area contributed by atoms with E-state index in [0.717, 1.165) is 22.3 Å². The fraction of sp³-hybridized carbons (Fsp3) is 0.292. The molecule has 0 spiro atoms. The molecule has 1 aromatic heterocycles. The van der Waals surface area contributed by atoms with Gasteiger partial charge in [-0.1, -0.05) is 48.5 Å². The normalized spacial score (nSPS) is 18.7. The zero-order valence-electron chi connectivity index (χ0n) is 18.2. The van der Waals surface area contributed by atoms with Gasteiger partial charge in [0.1, 0.15) is 6.61 Å². The summed E-state index contributed by atoms with van der Waals surface area (Å²) in [5.74, 6) is -2.06. The fourth-order valence-corrected chi connectivity index (χ4v) is 4.74. The zero-order valence-corrected chi connectivity index (χ0v) is 18.2. The van der Waals surface area contributed by atoms with Crippen molar-refractivity contribution in [3.05, 3.63) is 65.5 Å². The van der Waals surface area contributed by atoms with E-state index in [4.69, 9.17) is 9.84 Å². The molecule has 1 saturated carbocycles. The van der Waals surface area contributed by atoms with Gasteiger partial charge in [-0.25, -0.2) is 4.79 Å². The number of carbonyl (C=O) groups excluding carboxylic acids is 2. The van der Waals surface area contributed by atoms with Crippen LogP contribution in [0, 0.1) is 5.92 Å². The summed E-state index contributed by atoms with van der Waals surface area (Å²) in [7, 11) is 0. The van der Waals surface area contributed by atoms with E-state index in [9.17, 15) is 14.4 Å². The third-order valence-electron chi connectivity index (χ3n) is 6.38. The van der Waals surface area contributed by atoms with Gasteiger partial charge in [-0.05, 0) is 41.5 Å². The number of aromatic nitrogens is 3. The van der Waals surface area contributed by atoms with Crippen LogP contribution in [0.4, 0.5) is 10.7 Å². The minimum Gasteiger partial charge on any atom is -0.481 e. The number of ether oxygens (including phenoxy) is 1. The van der Waals surface area contributed by atoms with Crippen molar-refractivity contribution in [2.75, 3.05) is 11.9 Å². The Morgan fingerprint density at radius 3 is 2.35 bits per heavy atom. The van der Waals surface area contributed by atoms with E-state index < -0.39 is 23.9 Å². The summed E-state index contributed by atoms with van der Waals surface area (Å²) < 4.78 is 5.46. The smallest absolute Gasteiger partial charge is 0.414 e. The van der Waals surface area contributed by atoms with E-state index in [1.165, 1.54) is 0 Å². The van der Waals surface area contributed by atoms with Crippen LogP contribution in [-0.4, -0.2) is 50.9 Å². The molecule has 1 fully saturated rings. The molecule has 10 heteroatoms. The number of nitrogens with zero attached hydrogens (tertiary/aromatic N) is 2. The standard InChI is InChI=1S/C24H23N5O5/c30-21(25-14-10-9-13(11-14)22(31)32)20-26-23(29-28-20)27-24(33)34-12-19-17-7-3-1-5-15(17)16-6-2-4-8-18(16)19/h1-8,13-14,19H,9-12H2,(H,25,30)(H,31,32)(H2,26,27,28,29,33)/t13-,14+/m1/s1. The number of anilines is 1. The number of carboxylic acids is 1. The molecular formula is C24H23N5O5. The molecular weight excluding hydrogens is 438 g/mol. The summed E-state index contributed by atoms with van der Waals surface area (Å²) in [5.41, 5.74) is 4.47. The molecule has 0 aliphatic heterocycles. The Morgan fingerprint density at radius 2 is 1.71 bits per heavy atom. The number of carbonyl (C=O) groups is 3. The molecule has 4 N–H and O–H groups in total. The lowest BCUT2D eigenvalue weighted by Gasteiger charge is -2.13. The first-order valence-corrected chi connectivity index (χ1v) is 11.1. The Bertz CT molecular complexity index is 1210. The highest BCUT2D eigenvalue weighted by Crippen LogP contribution is 2.44. The third kappa shape index (κ3) is 4.21. The molecule has 2 aliphatic rings. The van der Waals surface area contributed by atoms with Crippen LogP contribution in [0.3, 0.4) is 0 Å². The van der Waals surface area contributed by atoms with Gasteiger partial charge in [-0.2, -0.15) is 4.98 Å².